The van der Waals surface area contributed by atoms with Gasteiger partial charge in [0, 0.05) is 34.0 Å². The van der Waals surface area contributed by atoms with Crippen LogP contribution in [0.5, 0.6) is 5.75 Å². The Kier molecular flexibility index (Phi) is 7.82. The fraction of sp³-hybridized carbons (Fsp3) is 0.130. The summed E-state index contributed by atoms with van der Waals surface area (Å²) in [4.78, 5) is 35.5. The summed E-state index contributed by atoms with van der Waals surface area (Å²) in [6.45, 7) is 2.49. The van der Waals surface area contributed by atoms with E-state index >= 15 is 0 Å². The third kappa shape index (κ3) is 6.58. The second kappa shape index (κ2) is 11.0. The van der Waals surface area contributed by atoms with Gasteiger partial charge < -0.3 is 15.4 Å². The molecule has 0 unspecified atom stereocenters. The Hall–Kier alpha value is -3.85. The fourth-order valence-electron chi connectivity index (χ4n) is 2.72. The zero-order valence-corrected chi connectivity index (χ0v) is 18.1. The number of thioether (sulfide) groups is 1. The van der Waals surface area contributed by atoms with Gasteiger partial charge in [-0.3, -0.25) is 19.7 Å². The number of carbonyl (C=O) groups is 2. The van der Waals surface area contributed by atoms with Gasteiger partial charge in [-0.2, -0.15) is 0 Å². The molecule has 8 nitrogen and oxygen atoms in total. The molecule has 0 radical (unpaired) electrons. The van der Waals surface area contributed by atoms with E-state index in [2.05, 4.69) is 10.6 Å². The van der Waals surface area contributed by atoms with Gasteiger partial charge in [0.15, 0.2) is 0 Å². The Bertz CT molecular complexity index is 1080. The van der Waals surface area contributed by atoms with Crippen molar-refractivity contribution in [2.45, 2.75) is 11.8 Å². The molecule has 3 aromatic carbocycles. The lowest BCUT2D eigenvalue weighted by molar-refractivity contribution is -0.384. The van der Waals surface area contributed by atoms with Crippen LogP contribution in [-0.2, 0) is 4.79 Å². The molecule has 3 aromatic rings. The highest BCUT2D eigenvalue weighted by atomic mass is 32.2. The predicted octanol–water partition coefficient (Wildman–Crippen LogP) is 4.98. The molecule has 2 amide bonds. The fourth-order valence-corrected chi connectivity index (χ4v) is 3.42. The van der Waals surface area contributed by atoms with E-state index in [-0.39, 0.29) is 23.3 Å². The summed E-state index contributed by atoms with van der Waals surface area (Å²) in [5, 5.41) is 16.3. The number of benzene rings is 3. The summed E-state index contributed by atoms with van der Waals surface area (Å²) >= 11 is 1.37. The largest absolute Gasteiger partial charge is 0.494 e. The molecule has 164 valence electrons. The van der Waals surface area contributed by atoms with Gasteiger partial charge in [-0.15, -0.1) is 11.8 Å². The van der Waals surface area contributed by atoms with Gasteiger partial charge in [0.05, 0.1) is 17.3 Å². The zero-order valence-electron chi connectivity index (χ0n) is 17.2. The number of rotatable bonds is 9. The third-order valence-electron chi connectivity index (χ3n) is 4.27. The first-order valence-corrected chi connectivity index (χ1v) is 10.7. The van der Waals surface area contributed by atoms with Crippen LogP contribution in [0.3, 0.4) is 0 Å². The van der Waals surface area contributed by atoms with Crippen molar-refractivity contribution in [2.24, 2.45) is 0 Å². The van der Waals surface area contributed by atoms with Crippen LogP contribution in [-0.4, -0.2) is 29.1 Å². The second-order valence-electron chi connectivity index (χ2n) is 6.58. The number of nitrogens with zero attached hydrogens (tertiary/aromatic N) is 1. The molecule has 9 heteroatoms. The number of carbonyl (C=O) groups excluding carboxylic acids is 2. The molecule has 0 heterocycles. The highest BCUT2D eigenvalue weighted by Gasteiger charge is 2.10. The number of nitro benzene ring substituents is 1. The highest BCUT2D eigenvalue weighted by Crippen LogP contribution is 2.22. The van der Waals surface area contributed by atoms with E-state index in [1.54, 1.807) is 48.5 Å². The lowest BCUT2D eigenvalue weighted by Crippen LogP contribution is -2.14. The molecular weight excluding hydrogens is 430 g/mol. The second-order valence-corrected chi connectivity index (χ2v) is 7.63. The summed E-state index contributed by atoms with van der Waals surface area (Å²) in [7, 11) is 0. The van der Waals surface area contributed by atoms with Gasteiger partial charge >= 0.3 is 0 Å². The van der Waals surface area contributed by atoms with E-state index in [9.17, 15) is 19.7 Å². The number of nitrogens with one attached hydrogen (secondary N) is 2. The van der Waals surface area contributed by atoms with E-state index in [4.69, 9.17) is 4.74 Å². The van der Waals surface area contributed by atoms with Crippen LogP contribution < -0.4 is 15.4 Å². The van der Waals surface area contributed by atoms with Crippen molar-refractivity contribution in [2.75, 3.05) is 23.0 Å². The first-order valence-electron chi connectivity index (χ1n) is 9.76. The molecule has 0 aliphatic heterocycles. The van der Waals surface area contributed by atoms with E-state index in [1.807, 2.05) is 6.92 Å². The van der Waals surface area contributed by atoms with Crippen LogP contribution in [0.4, 0.5) is 17.1 Å². The van der Waals surface area contributed by atoms with Crippen LogP contribution >= 0.6 is 11.8 Å². The van der Waals surface area contributed by atoms with Gasteiger partial charge in [0.1, 0.15) is 5.75 Å². The quantitative estimate of drug-likeness (QED) is 0.270. The van der Waals surface area contributed by atoms with Gasteiger partial charge in [-0.25, -0.2) is 0 Å². The first-order chi connectivity index (χ1) is 15.4. The number of ether oxygens (including phenoxy) is 1. The van der Waals surface area contributed by atoms with Gasteiger partial charge in [-0.05, 0) is 67.6 Å². The van der Waals surface area contributed by atoms with Gasteiger partial charge in [0.2, 0.25) is 5.91 Å². The molecule has 2 N–H and O–H groups in total. The minimum Gasteiger partial charge on any atom is -0.494 e. The summed E-state index contributed by atoms with van der Waals surface area (Å²) in [5.74, 6) is 0.493. The Morgan fingerprint density at radius 1 is 0.906 bits per heavy atom. The molecule has 0 aliphatic rings. The van der Waals surface area contributed by atoms with Crippen molar-refractivity contribution in [3.8, 4) is 5.75 Å². The lowest BCUT2D eigenvalue weighted by Gasteiger charge is -2.08. The monoisotopic (exact) mass is 451 g/mol. The number of non-ortho nitro benzene ring substituents is 1. The van der Waals surface area contributed by atoms with Gasteiger partial charge in [-0.1, -0.05) is 0 Å². The summed E-state index contributed by atoms with van der Waals surface area (Å²) in [5.41, 5.74) is 1.52. The SMILES string of the molecule is CCOc1ccc(NC(=O)CSc2ccc(NC(=O)c3ccc([N+](=O)[O-])cc3)cc2)cc1. The molecule has 0 bridgehead atoms. The molecule has 3 rings (SSSR count). The number of hydrogen-bond acceptors (Lipinski definition) is 6. The molecule has 0 aliphatic carbocycles. The van der Waals surface area contributed by atoms with Crippen LogP contribution in [0, 0.1) is 10.1 Å². The molecule has 32 heavy (non-hydrogen) atoms. The maximum Gasteiger partial charge on any atom is 0.269 e. The van der Waals surface area contributed by atoms with Crippen LogP contribution in [0.25, 0.3) is 0 Å². The molecule has 0 aromatic heterocycles. The standard InChI is InChI=1S/C23H21N3O5S/c1-2-31-20-11-5-17(6-12-20)24-22(27)15-32-21-13-7-18(8-14-21)25-23(28)16-3-9-19(10-4-16)26(29)30/h3-14H,2,15H2,1H3,(H,24,27)(H,25,28). The molecule has 0 spiro atoms. The molecule has 0 saturated carbocycles. The molecule has 0 atom stereocenters. The molecular formula is C23H21N3O5S. The van der Waals surface area contributed by atoms with E-state index in [1.165, 1.54) is 36.0 Å². The van der Waals surface area contributed by atoms with Crippen molar-refractivity contribution in [3.63, 3.8) is 0 Å². The molecule has 0 fully saturated rings. The van der Waals surface area contributed by atoms with Crippen molar-refractivity contribution in [1.29, 1.82) is 0 Å². The van der Waals surface area contributed by atoms with Crippen LogP contribution in [0.1, 0.15) is 17.3 Å². The highest BCUT2D eigenvalue weighted by molar-refractivity contribution is 8.00. The number of nitro groups is 1. The van der Waals surface area contributed by atoms with E-state index in [0.717, 1.165) is 10.6 Å². The smallest absolute Gasteiger partial charge is 0.269 e. The average Bonchev–Trinajstić information content (AvgIpc) is 2.80. The van der Waals surface area contributed by atoms with Gasteiger partial charge in [0.25, 0.3) is 11.6 Å². The van der Waals surface area contributed by atoms with Crippen LogP contribution in [0.2, 0.25) is 0 Å². The Morgan fingerprint density at radius 2 is 1.50 bits per heavy atom. The van der Waals surface area contributed by atoms with Crippen molar-refractivity contribution in [3.05, 3.63) is 88.5 Å². The Morgan fingerprint density at radius 3 is 2.09 bits per heavy atom. The maximum absolute atomic E-state index is 12.3. The summed E-state index contributed by atoms with van der Waals surface area (Å²) < 4.78 is 5.38. The van der Waals surface area contributed by atoms with Crippen molar-refractivity contribution < 1.29 is 19.2 Å². The van der Waals surface area contributed by atoms with E-state index < -0.39 is 4.92 Å². The maximum atomic E-state index is 12.3. The van der Waals surface area contributed by atoms with Crippen molar-refractivity contribution in [1.82, 2.24) is 0 Å². The Labute approximate surface area is 189 Å². The first kappa shape index (κ1) is 22.8. The number of amides is 2. The zero-order chi connectivity index (χ0) is 22.9. The third-order valence-corrected chi connectivity index (χ3v) is 5.28. The summed E-state index contributed by atoms with van der Waals surface area (Å²) in [6.07, 6.45) is 0. The minimum absolute atomic E-state index is 0.0745. The topological polar surface area (TPSA) is 111 Å². The average molecular weight is 452 g/mol. The predicted molar refractivity (Wildman–Crippen MR) is 124 cm³/mol. The van der Waals surface area contributed by atoms with Crippen molar-refractivity contribution >= 4 is 40.6 Å². The summed E-state index contributed by atoms with van der Waals surface area (Å²) in [6, 6.07) is 19.6. The van der Waals surface area contributed by atoms with E-state index in [0.29, 0.717) is 23.5 Å². The Balaban J connectivity index is 1.48. The number of anilines is 2. The lowest BCUT2D eigenvalue weighted by atomic mass is 10.2. The number of hydrogen-bond donors (Lipinski definition) is 2. The van der Waals surface area contributed by atoms with Crippen LogP contribution in [0.15, 0.2) is 77.7 Å². The normalized spacial score (nSPS) is 10.3. The molecule has 0 saturated heterocycles. The minimum atomic E-state index is -0.517.